The summed E-state index contributed by atoms with van der Waals surface area (Å²) in [5.74, 6) is 1.37. The molecule has 1 aliphatic rings. The third-order valence-electron chi connectivity index (χ3n) is 2.59. The van der Waals surface area contributed by atoms with Gasteiger partial charge in [0.15, 0.2) is 0 Å². The molecular weight excluding hydrogens is 194 g/mol. The van der Waals surface area contributed by atoms with Gasteiger partial charge in [0, 0.05) is 23.5 Å². The quantitative estimate of drug-likeness (QED) is 0.815. The van der Waals surface area contributed by atoms with Gasteiger partial charge < -0.3 is 10.6 Å². The van der Waals surface area contributed by atoms with Crippen LogP contribution in [0.15, 0.2) is 6.20 Å². The molecular formula is C10H17N3S. The largest absolute Gasteiger partial charge is 0.330 e. The molecule has 2 unspecified atom stereocenters. The Balaban J connectivity index is 1.97. The lowest BCUT2D eigenvalue weighted by Gasteiger charge is -2.05. The van der Waals surface area contributed by atoms with E-state index < -0.39 is 0 Å². The van der Waals surface area contributed by atoms with Crippen LogP contribution in [-0.2, 0) is 6.54 Å². The zero-order valence-corrected chi connectivity index (χ0v) is 9.55. The van der Waals surface area contributed by atoms with E-state index in [-0.39, 0.29) is 0 Å². The smallest absolute Gasteiger partial charge is 0.0962 e. The van der Waals surface area contributed by atoms with Crippen molar-refractivity contribution in [2.75, 3.05) is 20.6 Å². The van der Waals surface area contributed by atoms with Crippen molar-refractivity contribution >= 4 is 11.3 Å². The normalized spacial score (nSPS) is 25.7. The summed E-state index contributed by atoms with van der Waals surface area (Å²) in [6.07, 6.45) is 3.25. The van der Waals surface area contributed by atoms with Gasteiger partial charge in [0.25, 0.3) is 0 Å². The molecule has 0 aliphatic heterocycles. The fourth-order valence-electron chi connectivity index (χ4n) is 1.69. The fourth-order valence-corrected chi connectivity index (χ4v) is 2.93. The second kappa shape index (κ2) is 3.96. The zero-order valence-electron chi connectivity index (χ0n) is 8.73. The molecule has 1 fully saturated rings. The summed E-state index contributed by atoms with van der Waals surface area (Å²) in [6, 6.07) is 0. The third-order valence-corrected chi connectivity index (χ3v) is 3.70. The molecule has 0 amide bonds. The van der Waals surface area contributed by atoms with Gasteiger partial charge in [-0.1, -0.05) is 0 Å². The van der Waals surface area contributed by atoms with Gasteiger partial charge in [-0.25, -0.2) is 4.98 Å². The Kier molecular flexibility index (Phi) is 2.85. The molecule has 3 nitrogen and oxygen atoms in total. The Bertz CT molecular complexity index is 308. The molecule has 4 heteroatoms. The van der Waals surface area contributed by atoms with Crippen LogP contribution in [0.4, 0.5) is 0 Å². The molecule has 2 atom stereocenters. The van der Waals surface area contributed by atoms with Crippen molar-refractivity contribution in [3.05, 3.63) is 16.1 Å². The van der Waals surface area contributed by atoms with Gasteiger partial charge in [-0.2, -0.15) is 0 Å². The van der Waals surface area contributed by atoms with E-state index >= 15 is 0 Å². The first-order chi connectivity index (χ1) is 6.70. The number of aromatic nitrogens is 1. The van der Waals surface area contributed by atoms with Gasteiger partial charge in [-0.05, 0) is 33.0 Å². The molecule has 1 aromatic rings. The van der Waals surface area contributed by atoms with Crippen LogP contribution >= 0.6 is 11.3 Å². The van der Waals surface area contributed by atoms with Crippen LogP contribution < -0.4 is 5.73 Å². The average Bonchev–Trinajstić information content (AvgIpc) is 2.79. The van der Waals surface area contributed by atoms with Crippen molar-refractivity contribution in [1.29, 1.82) is 0 Å². The van der Waals surface area contributed by atoms with E-state index in [4.69, 9.17) is 5.73 Å². The van der Waals surface area contributed by atoms with Gasteiger partial charge in [0.2, 0.25) is 0 Å². The lowest BCUT2D eigenvalue weighted by molar-refractivity contribution is 0.406. The summed E-state index contributed by atoms with van der Waals surface area (Å²) in [4.78, 5) is 7.99. The maximum absolute atomic E-state index is 5.62. The summed E-state index contributed by atoms with van der Waals surface area (Å²) in [6.45, 7) is 1.81. The third kappa shape index (κ3) is 2.13. The Morgan fingerprint density at radius 2 is 2.43 bits per heavy atom. The van der Waals surface area contributed by atoms with E-state index in [0.717, 1.165) is 13.1 Å². The van der Waals surface area contributed by atoms with Crippen molar-refractivity contribution in [2.24, 2.45) is 11.7 Å². The van der Waals surface area contributed by atoms with Crippen molar-refractivity contribution in [2.45, 2.75) is 18.9 Å². The first-order valence-corrected chi connectivity index (χ1v) is 5.81. The Morgan fingerprint density at radius 1 is 1.64 bits per heavy atom. The molecule has 1 heterocycles. The van der Waals surface area contributed by atoms with Crippen molar-refractivity contribution in [3.63, 3.8) is 0 Å². The minimum absolute atomic E-state index is 0.668. The first kappa shape index (κ1) is 10.1. The van der Waals surface area contributed by atoms with Gasteiger partial charge in [0.1, 0.15) is 0 Å². The topological polar surface area (TPSA) is 42.2 Å². The van der Waals surface area contributed by atoms with E-state index in [1.165, 1.54) is 16.3 Å². The minimum Gasteiger partial charge on any atom is -0.330 e. The number of thiazole rings is 1. The van der Waals surface area contributed by atoms with E-state index in [9.17, 15) is 0 Å². The highest BCUT2D eigenvalue weighted by Crippen LogP contribution is 2.47. The summed E-state index contributed by atoms with van der Waals surface area (Å²) in [7, 11) is 4.17. The number of nitrogens with zero attached hydrogens (tertiary/aromatic N) is 2. The summed E-state index contributed by atoms with van der Waals surface area (Å²) < 4.78 is 0. The Hall–Kier alpha value is -0.450. The van der Waals surface area contributed by atoms with Crippen molar-refractivity contribution in [3.8, 4) is 0 Å². The highest BCUT2D eigenvalue weighted by Gasteiger charge is 2.39. The standard InChI is InChI=1S/C10H17N3S/c1-13(2)6-8-5-12-10(14-8)9-3-7(9)4-11/h5,7,9H,3-4,6,11H2,1-2H3. The molecule has 14 heavy (non-hydrogen) atoms. The number of hydrogen-bond acceptors (Lipinski definition) is 4. The molecule has 78 valence electrons. The number of rotatable bonds is 4. The summed E-state index contributed by atoms with van der Waals surface area (Å²) in [5.41, 5.74) is 5.62. The van der Waals surface area contributed by atoms with Crippen LogP contribution in [0, 0.1) is 5.92 Å². The molecule has 0 spiro atoms. The second-order valence-corrected chi connectivity index (χ2v) is 5.39. The van der Waals surface area contributed by atoms with Crippen LogP contribution in [-0.4, -0.2) is 30.5 Å². The fraction of sp³-hybridized carbons (Fsp3) is 0.700. The predicted molar refractivity (Wildman–Crippen MR) is 59.4 cm³/mol. The zero-order chi connectivity index (χ0) is 10.1. The molecule has 0 bridgehead atoms. The van der Waals surface area contributed by atoms with Gasteiger partial charge in [0.05, 0.1) is 5.01 Å². The maximum atomic E-state index is 5.62. The highest BCUT2D eigenvalue weighted by molar-refractivity contribution is 7.11. The predicted octanol–water partition coefficient (Wildman–Crippen LogP) is 1.27. The molecule has 0 saturated heterocycles. The first-order valence-electron chi connectivity index (χ1n) is 5.00. The highest BCUT2D eigenvalue weighted by atomic mass is 32.1. The summed E-state index contributed by atoms with van der Waals surface area (Å²) >= 11 is 1.84. The molecule has 1 aromatic heterocycles. The molecule has 2 rings (SSSR count). The SMILES string of the molecule is CN(C)Cc1cnc(C2CC2CN)s1. The van der Waals surface area contributed by atoms with Crippen molar-refractivity contribution < 1.29 is 0 Å². The minimum atomic E-state index is 0.668. The molecule has 1 saturated carbocycles. The van der Waals surface area contributed by atoms with Crippen LogP contribution in [0.5, 0.6) is 0 Å². The van der Waals surface area contributed by atoms with Gasteiger partial charge in [-0.15, -0.1) is 11.3 Å². The molecule has 0 radical (unpaired) electrons. The van der Waals surface area contributed by atoms with E-state index in [1.807, 2.05) is 17.5 Å². The van der Waals surface area contributed by atoms with Crippen LogP contribution in [0.3, 0.4) is 0 Å². The Morgan fingerprint density at radius 3 is 3.00 bits per heavy atom. The van der Waals surface area contributed by atoms with E-state index in [1.54, 1.807) is 0 Å². The van der Waals surface area contributed by atoms with Crippen LogP contribution in [0.2, 0.25) is 0 Å². The number of hydrogen-bond donors (Lipinski definition) is 1. The van der Waals surface area contributed by atoms with Gasteiger partial charge >= 0.3 is 0 Å². The second-order valence-electron chi connectivity index (χ2n) is 4.24. The van der Waals surface area contributed by atoms with Crippen LogP contribution in [0.1, 0.15) is 22.2 Å². The molecule has 0 aromatic carbocycles. The lowest BCUT2D eigenvalue weighted by Crippen LogP contribution is -2.09. The van der Waals surface area contributed by atoms with Crippen molar-refractivity contribution in [1.82, 2.24) is 9.88 Å². The lowest BCUT2D eigenvalue weighted by atomic mass is 10.3. The Labute approximate surface area is 88.9 Å². The number of nitrogens with two attached hydrogens (primary N) is 1. The summed E-state index contributed by atoms with van der Waals surface area (Å²) in [5, 5.41) is 1.29. The van der Waals surface area contributed by atoms with E-state index in [2.05, 4.69) is 24.0 Å². The maximum Gasteiger partial charge on any atom is 0.0962 e. The monoisotopic (exact) mass is 211 g/mol. The van der Waals surface area contributed by atoms with Gasteiger partial charge in [-0.3, -0.25) is 0 Å². The van der Waals surface area contributed by atoms with Crippen LogP contribution in [0.25, 0.3) is 0 Å². The van der Waals surface area contributed by atoms with E-state index in [0.29, 0.717) is 11.8 Å². The average molecular weight is 211 g/mol. The molecule has 1 aliphatic carbocycles. The molecule has 2 N–H and O–H groups in total.